The van der Waals surface area contributed by atoms with E-state index in [0.29, 0.717) is 12.1 Å². The Kier molecular flexibility index (Phi) is 5.31. The Balaban J connectivity index is 2.05. The van der Waals surface area contributed by atoms with E-state index < -0.39 is 0 Å². The molecule has 0 spiro atoms. The third kappa shape index (κ3) is 4.45. The summed E-state index contributed by atoms with van der Waals surface area (Å²) in [4.78, 5) is 23.7. The first-order chi connectivity index (χ1) is 10.6. The minimum atomic E-state index is -0.0896. The molecule has 2 aromatic carbocycles. The fraction of sp³-hybridized carbons (Fsp3) is 0.222. The highest BCUT2D eigenvalue weighted by Gasteiger charge is 2.09. The number of nitrogens with one attached hydrogen (secondary N) is 2. The first-order valence-electron chi connectivity index (χ1n) is 7.22. The molecule has 0 aliphatic heterocycles. The van der Waals surface area contributed by atoms with Crippen LogP contribution in [0.3, 0.4) is 0 Å². The monoisotopic (exact) mass is 296 g/mol. The number of benzene rings is 2. The molecule has 22 heavy (non-hydrogen) atoms. The van der Waals surface area contributed by atoms with Gasteiger partial charge in [-0.05, 0) is 24.1 Å². The standard InChI is InChI=1S/C18H20N2O2/c1-13-7-9-14(10-8-13)11-18(22)20-16-6-4-3-5-15(16)12-17(21)19-2/h3-10H,11-12H2,1-2H3,(H,19,21)(H,20,22). The lowest BCUT2D eigenvalue weighted by Crippen LogP contribution is -2.21. The zero-order chi connectivity index (χ0) is 15.9. The molecule has 0 aliphatic carbocycles. The lowest BCUT2D eigenvalue weighted by molar-refractivity contribution is -0.120. The van der Waals surface area contributed by atoms with Gasteiger partial charge in [0.1, 0.15) is 0 Å². The second kappa shape index (κ2) is 7.41. The van der Waals surface area contributed by atoms with Gasteiger partial charge in [0.15, 0.2) is 0 Å². The highest BCUT2D eigenvalue weighted by molar-refractivity contribution is 5.94. The van der Waals surface area contributed by atoms with E-state index in [0.717, 1.165) is 11.1 Å². The van der Waals surface area contributed by atoms with Gasteiger partial charge in [-0.15, -0.1) is 0 Å². The van der Waals surface area contributed by atoms with Gasteiger partial charge in [-0.3, -0.25) is 9.59 Å². The van der Waals surface area contributed by atoms with E-state index in [4.69, 9.17) is 0 Å². The summed E-state index contributed by atoms with van der Waals surface area (Å²) in [6.45, 7) is 2.01. The van der Waals surface area contributed by atoms with E-state index in [9.17, 15) is 9.59 Å². The van der Waals surface area contributed by atoms with Crippen LogP contribution in [0.1, 0.15) is 16.7 Å². The summed E-state index contributed by atoms with van der Waals surface area (Å²) in [6, 6.07) is 15.2. The molecular weight excluding hydrogens is 276 g/mol. The average molecular weight is 296 g/mol. The Bertz CT molecular complexity index is 663. The third-order valence-electron chi connectivity index (χ3n) is 3.41. The maximum absolute atomic E-state index is 12.2. The number of para-hydroxylation sites is 1. The van der Waals surface area contributed by atoms with E-state index in [2.05, 4.69) is 10.6 Å². The normalized spacial score (nSPS) is 10.1. The molecule has 2 rings (SSSR count). The van der Waals surface area contributed by atoms with Gasteiger partial charge < -0.3 is 10.6 Å². The van der Waals surface area contributed by atoms with Crippen molar-refractivity contribution >= 4 is 17.5 Å². The Morgan fingerprint density at radius 2 is 1.59 bits per heavy atom. The second-order valence-corrected chi connectivity index (χ2v) is 5.22. The molecule has 2 amide bonds. The van der Waals surface area contributed by atoms with Gasteiger partial charge in [0, 0.05) is 12.7 Å². The highest BCUT2D eigenvalue weighted by atomic mass is 16.2. The summed E-state index contributed by atoms with van der Waals surface area (Å²) in [5.74, 6) is -0.173. The summed E-state index contributed by atoms with van der Waals surface area (Å²) in [7, 11) is 1.60. The van der Waals surface area contributed by atoms with Crippen LogP contribution in [0.2, 0.25) is 0 Å². The molecule has 0 unspecified atom stereocenters. The van der Waals surface area contributed by atoms with Gasteiger partial charge in [0.2, 0.25) is 11.8 Å². The van der Waals surface area contributed by atoms with Crippen LogP contribution in [-0.4, -0.2) is 18.9 Å². The largest absolute Gasteiger partial charge is 0.359 e. The lowest BCUT2D eigenvalue weighted by Gasteiger charge is -2.11. The van der Waals surface area contributed by atoms with Crippen molar-refractivity contribution in [1.29, 1.82) is 0 Å². The van der Waals surface area contributed by atoms with Crippen molar-refractivity contribution < 1.29 is 9.59 Å². The van der Waals surface area contributed by atoms with Crippen LogP contribution in [0.5, 0.6) is 0 Å². The molecule has 0 aliphatic rings. The van der Waals surface area contributed by atoms with Crippen LogP contribution >= 0.6 is 0 Å². The Morgan fingerprint density at radius 1 is 0.909 bits per heavy atom. The predicted octanol–water partition coefficient (Wildman–Crippen LogP) is 2.46. The topological polar surface area (TPSA) is 58.2 Å². The van der Waals surface area contributed by atoms with Crippen LogP contribution < -0.4 is 10.6 Å². The zero-order valence-corrected chi connectivity index (χ0v) is 12.8. The number of carbonyl (C=O) groups excluding carboxylic acids is 2. The summed E-state index contributed by atoms with van der Waals surface area (Å²) in [6.07, 6.45) is 0.562. The molecule has 0 atom stereocenters. The number of hydrogen-bond donors (Lipinski definition) is 2. The van der Waals surface area contributed by atoms with Gasteiger partial charge in [-0.2, -0.15) is 0 Å². The van der Waals surface area contributed by atoms with Gasteiger partial charge in [-0.1, -0.05) is 48.0 Å². The summed E-state index contributed by atoms with van der Waals surface area (Å²) < 4.78 is 0. The molecule has 114 valence electrons. The maximum atomic E-state index is 12.2. The molecule has 4 nitrogen and oxygen atoms in total. The average Bonchev–Trinajstić information content (AvgIpc) is 2.51. The minimum Gasteiger partial charge on any atom is -0.359 e. The van der Waals surface area contributed by atoms with Crippen LogP contribution in [0, 0.1) is 6.92 Å². The van der Waals surface area contributed by atoms with Gasteiger partial charge in [-0.25, -0.2) is 0 Å². The van der Waals surface area contributed by atoms with Crippen molar-refractivity contribution in [2.24, 2.45) is 0 Å². The number of aryl methyl sites for hydroxylation is 1. The van der Waals surface area contributed by atoms with Crippen molar-refractivity contribution in [3.05, 3.63) is 65.2 Å². The smallest absolute Gasteiger partial charge is 0.228 e. The van der Waals surface area contributed by atoms with Crippen molar-refractivity contribution in [1.82, 2.24) is 5.32 Å². The van der Waals surface area contributed by atoms with Crippen LogP contribution in [-0.2, 0) is 22.4 Å². The van der Waals surface area contributed by atoms with Crippen molar-refractivity contribution in [3.8, 4) is 0 Å². The molecule has 0 bridgehead atoms. The Hall–Kier alpha value is -2.62. The van der Waals surface area contributed by atoms with E-state index in [1.165, 1.54) is 5.56 Å². The molecule has 2 N–H and O–H groups in total. The molecule has 4 heteroatoms. The number of anilines is 1. The quantitative estimate of drug-likeness (QED) is 0.890. The molecule has 0 fully saturated rings. The molecule has 0 heterocycles. The molecule has 0 aromatic heterocycles. The lowest BCUT2D eigenvalue weighted by atomic mass is 10.1. The number of likely N-dealkylation sites (N-methyl/N-ethyl adjacent to an activating group) is 1. The van der Waals surface area contributed by atoms with E-state index in [-0.39, 0.29) is 18.2 Å². The van der Waals surface area contributed by atoms with Crippen molar-refractivity contribution in [2.75, 3.05) is 12.4 Å². The third-order valence-corrected chi connectivity index (χ3v) is 3.41. The van der Waals surface area contributed by atoms with Crippen LogP contribution in [0.4, 0.5) is 5.69 Å². The molecule has 2 aromatic rings. The highest BCUT2D eigenvalue weighted by Crippen LogP contribution is 2.16. The molecule has 0 saturated heterocycles. The fourth-order valence-corrected chi connectivity index (χ4v) is 2.14. The van der Waals surface area contributed by atoms with Crippen LogP contribution in [0.15, 0.2) is 48.5 Å². The Labute approximate surface area is 130 Å². The predicted molar refractivity (Wildman–Crippen MR) is 87.7 cm³/mol. The molecular formula is C18H20N2O2. The summed E-state index contributed by atoms with van der Waals surface area (Å²) in [5.41, 5.74) is 3.62. The Morgan fingerprint density at radius 3 is 2.27 bits per heavy atom. The first-order valence-corrected chi connectivity index (χ1v) is 7.22. The fourth-order valence-electron chi connectivity index (χ4n) is 2.14. The number of amides is 2. The minimum absolute atomic E-state index is 0.0831. The number of rotatable bonds is 5. The van der Waals surface area contributed by atoms with Crippen LogP contribution in [0.25, 0.3) is 0 Å². The first kappa shape index (κ1) is 15.8. The van der Waals surface area contributed by atoms with Gasteiger partial charge >= 0.3 is 0 Å². The summed E-state index contributed by atoms with van der Waals surface area (Å²) in [5, 5.41) is 5.47. The van der Waals surface area contributed by atoms with Crippen molar-refractivity contribution in [3.63, 3.8) is 0 Å². The molecule has 0 saturated carbocycles. The van der Waals surface area contributed by atoms with E-state index >= 15 is 0 Å². The second-order valence-electron chi connectivity index (χ2n) is 5.22. The van der Waals surface area contributed by atoms with E-state index in [1.54, 1.807) is 7.05 Å². The number of carbonyl (C=O) groups is 2. The van der Waals surface area contributed by atoms with Gasteiger partial charge in [0.25, 0.3) is 0 Å². The summed E-state index contributed by atoms with van der Waals surface area (Å²) >= 11 is 0. The van der Waals surface area contributed by atoms with Crippen molar-refractivity contribution in [2.45, 2.75) is 19.8 Å². The maximum Gasteiger partial charge on any atom is 0.228 e. The number of hydrogen-bond acceptors (Lipinski definition) is 2. The molecule has 0 radical (unpaired) electrons. The SMILES string of the molecule is CNC(=O)Cc1ccccc1NC(=O)Cc1ccc(C)cc1. The zero-order valence-electron chi connectivity index (χ0n) is 12.8. The van der Waals surface area contributed by atoms with Gasteiger partial charge in [0.05, 0.1) is 12.8 Å². The van der Waals surface area contributed by atoms with E-state index in [1.807, 2.05) is 55.5 Å².